The van der Waals surface area contributed by atoms with E-state index >= 15 is 0 Å². The second-order valence-electron chi connectivity index (χ2n) is 4.57. The zero-order chi connectivity index (χ0) is 14.5. The van der Waals surface area contributed by atoms with Crippen molar-refractivity contribution < 1.29 is 9.59 Å². The quantitative estimate of drug-likeness (QED) is 0.732. The third-order valence-electron chi connectivity index (χ3n) is 3.25. The van der Waals surface area contributed by atoms with Crippen LogP contribution in [0.15, 0.2) is 12.3 Å². The van der Waals surface area contributed by atoms with E-state index in [1.807, 2.05) is 0 Å². The van der Waals surface area contributed by atoms with Crippen molar-refractivity contribution in [3.8, 4) is 0 Å². The Balaban J connectivity index is 1.98. The maximum atomic E-state index is 11.7. The van der Waals surface area contributed by atoms with E-state index < -0.39 is 5.91 Å². The van der Waals surface area contributed by atoms with Gasteiger partial charge in [-0.15, -0.1) is 0 Å². The number of amides is 2. The van der Waals surface area contributed by atoms with E-state index in [9.17, 15) is 9.59 Å². The van der Waals surface area contributed by atoms with Gasteiger partial charge in [0.15, 0.2) is 0 Å². The maximum Gasteiger partial charge on any atom is 0.268 e. The second-order valence-corrected chi connectivity index (χ2v) is 4.57. The fourth-order valence-electron chi connectivity index (χ4n) is 2.17. The molecule has 7 nitrogen and oxygen atoms in total. The first-order valence-electron chi connectivity index (χ1n) is 6.52. The second kappa shape index (κ2) is 6.33. The van der Waals surface area contributed by atoms with Crippen molar-refractivity contribution in [1.82, 2.24) is 9.88 Å². The number of carbonyl (C=O) groups is 2. The first-order chi connectivity index (χ1) is 9.61. The fourth-order valence-corrected chi connectivity index (χ4v) is 2.17. The molecule has 1 aliphatic heterocycles. The number of nitrogens with two attached hydrogens (primary N) is 2. The van der Waals surface area contributed by atoms with Crippen molar-refractivity contribution in [1.29, 1.82) is 0 Å². The van der Waals surface area contributed by atoms with Crippen LogP contribution in [0.1, 0.15) is 16.9 Å². The van der Waals surface area contributed by atoms with Crippen LogP contribution < -0.4 is 16.4 Å². The minimum atomic E-state index is -0.594. The predicted molar refractivity (Wildman–Crippen MR) is 74.1 cm³/mol. The van der Waals surface area contributed by atoms with E-state index in [2.05, 4.69) is 16.0 Å². The molecule has 4 N–H and O–H groups in total. The molecule has 1 radical (unpaired) electrons. The predicted octanol–water partition coefficient (Wildman–Crippen LogP) is -1.02. The van der Waals surface area contributed by atoms with Gasteiger partial charge in [0.2, 0.25) is 5.91 Å². The molecule has 1 aliphatic rings. The van der Waals surface area contributed by atoms with E-state index in [4.69, 9.17) is 11.5 Å². The number of hydrogen-bond donors (Lipinski definition) is 2. The normalized spacial score (nSPS) is 15.2. The maximum absolute atomic E-state index is 11.7. The van der Waals surface area contributed by atoms with E-state index in [1.165, 1.54) is 6.20 Å². The summed E-state index contributed by atoms with van der Waals surface area (Å²) in [5.41, 5.74) is 11.5. The number of carbonyl (C=O) groups excluding carboxylic acids is 2. The first-order valence-corrected chi connectivity index (χ1v) is 6.52. The molecule has 2 rings (SSSR count). The topological polar surface area (TPSA) is 106 Å². The Kier molecular flexibility index (Phi) is 4.52. The molecule has 0 unspecified atom stereocenters. The summed E-state index contributed by atoms with van der Waals surface area (Å²) in [6, 6.07) is 4.68. The smallest absolute Gasteiger partial charge is 0.268 e. The van der Waals surface area contributed by atoms with Gasteiger partial charge in [0.1, 0.15) is 5.69 Å². The van der Waals surface area contributed by atoms with E-state index in [0.29, 0.717) is 39.1 Å². The molecule has 2 heterocycles. The highest BCUT2D eigenvalue weighted by atomic mass is 16.2. The number of piperazine rings is 1. The molecule has 0 aliphatic carbocycles. The van der Waals surface area contributed by atoms with Gasteiger partial charge in [-0.05, 0) is 6.07 Å². The van der Waals surface area contributed by atoms with Gasteiger partial charge in [-0.1, -0.05) is 0 Å². The van der Waals surface area contributed by atoms with Crippen LogP contribution in [0, 0.1) is 6.07 Å². The van der Waals surface area contributed by atoms with Crippen LogP contribution in [0.3, 0.4) is 0 Å². The molecule has 0 aromatic carbocycles. The van der Waals surface area contributed by atoms with Gasteiger partial charge in [0.25, 0.3) is 5.91 Å². The van der Waals surface area contributed by atoms with E-state index in [-0.39, 0.29) is 11.6 Å². The molecular formula is C13H18N5O2. The van der Waals surface area contributed by atoms with Crippen molar-refractivity contribution in [3.63, 3.8) is 0 Å². The molecule has 0 bridgehead atoms. The largest absolute Gasteiger partial charge is 0.367 e. The highest BCUT2D eigenvalue weighted by molar-refractivity contribution is 5.91. The number of anilines is 1. The lowest BCUT2D eigenvalue weighted by Crippen LogP contribution is -2.49. The molecule has 1 saturated heterocycles. The molecule has 0 atom stereocenters. The number of primary amides is 1. The van der Waals surface area contributed by atoms with Gasteiger partial charge >= 0.3 is 0 Å². The Labute approximate surface area is 117 Å². The lowest BCUT2D eigenvalue weighted by Gasteiger charge is -2.36. The zero-order valence-corrected chi connectivity index (χ0v) is 11.2. The van der Waals surface area contributed by atoms with Crippen LogP contribution in [0.2, 0.25) is 0 Å². The number of pyridine rings is 1. The molecule has 1 fully saturated rings. The van der Waals surface area contributed by atoms with Crippen LogP contribution in [-0.4, -0.2) is 54.4 Å². The zero-order valence-electron chi connectivity index (χ0n) is 11.2. The van der Waals surface area contributed by atoms with Crippen LogP contribution in [0.4, 0.5) is 5.69 Å². The molecule has 7 heteroatoms. The van der Waals surface area contributed by atoms with Gasteiger partial charge in [-0.25, -0.2) is 0 Å². The van der Waals surface area contributed by atoms with E-state index in [0.717, 1.165) is 5.69 Å². The Hall–Kier alpha value is -2.15. The van der Waals surface area contributed by atoms with Gasteiger partial charge in [-0.3, -0.25) is 14.6 Å². The Morgan fingerprint density at radius 1 is 1.30 bits per heavy atom. The summed E-state index contributed by atoms with van der Waals surface area (Å²) >= 11 is 0. The van der Waals surface area contributed by atoms with Gasteiger partial charge < -0.3 is 21.3 Å². The van der Waals surface area contributed by atoms with Crippen molar-refractivity contribution in [2.45, 2.75) is 6.42 Å². The molecule has 1 aromatic rings. The van der Waals surface area contributed by atoms with Crippen LogP contribution in [-0.2, 0) is 4.79 Å². The summed E-state index contributed by atoms with van der Waals surface area (Å²) in [4.78, 5) is 30.6. The lowest BCUT2D eigenvalue weighted by atomic mass is 10.2. The molecule has 2 amide bonds. The molecule has 1 aromatic heterocycles. The van der Waals surface area contributed by atoms with Crippen LogP contribution in [0.5, 0.6) is 0 Å². The number of hydrogen-bond acceptors (Lipinski definition) is 5. The van der Waals surface area contributed by atoms with Crippen molar-refractivity contribution in [3.05, 3.63) is 24.0 Å². The fraction of sp³-hybridized carbons (Fsp3) is 0.462. The summed E-state index contributed by atoms with van der Waals surface area (Å²) in [5, 5.41) is 0. The highest BCUT2D eigenvalue weighted by Gasteiger charge is 2.21. The average molecular weight is 276 g/mol. The minimum absolute atomic E-state index is 0.0867. The summed E-state index contributed by atoms with van der Waals surface area (Å²) < 4.78 is 0. The van der Waals surface area contributed by atoms with Crippen LogP contribution >= 0.6 is 0 Å². The van der Waals surface area contributed by atoms with Gasteiger partial charge in [-0.2, -0.15) is 0 Å². The number of aromatic nitrogens is 1. The Bertz CT molecular complexity index is 497. The monoisotopic (exact) mass is 276 g/mol. The van der Waals surface area contributed by atoms with Crippen molar-refractivity contribution >= 4 is 17.5 Å². The molecule has 0 saturated carbocycles. The third-order valence-corrected chi connectivity index (χ3v) is 3.25. The summed E-state index contributed by atoms with van der Waals surface area (Å²) in [6.07, 6.45) is 1.92. The Morgan fingerprint density at radius 2 is 2.00 bits per heavy atom. The summed E-state index contributed by atoms with van der Waals surface area (Å²) in [6.45, 7) is 3.03. The first kappa shape index (κ1) is 14.3. The summed E-state index contributed by atoms with van der Waals surface area (Å²) in [7, 11) is 0. The van der Waals surface area contributed by atoms with Crippen LogP contribution in [0.25, 0.3) is 0 Å². The average Bonchev–Trinajstić information content (AvgIpc) is 2.48. The Morgan fingerprint density at radius 3 is 2.60 bits per heavy atom. The lowest BCUT2D eigenvalue weighted by molar-refractivity contribution is -0.131. The highest BCUT2D eigenvalue weighted by Crippen LogP contribution is 2.16. The summed E-state index contributed by atoms with van der Waals surface area (Å²) in [5.74, 6) is -0.507. The molecule has 20 heavy (non-hydrogen) atoms. The van der Waals surface area contributed by atoms with Gasteiger partial charge in [0, 0.05) is 57.1 Å². The van der Waals surface area contributed by atoms with Crippen molar-refractivity contribution in [2.75, 3.05) is 37.6 Å². The van der Waals surface area contributed by atoms with Gasteiger partial charge in [0.05, 0.1) is 0 Å². The molecular weight excluding hydrogens is 258 g/mol. The molecule has 107 valence electrons. The number of rotatable bonds is 4. The minimum Gasteiger partial charge on any atom is -0.367 e. The third kappa shape index (κ3) is 3.24. The number of nitrogens with zero attached hydrogens (tertiary/aromatic N) is 3. The molecule has 0 spiro atoms. The standard InChI is InChI=1S/C13H18N5O2/c14-3-1-12(19)18-7-5-17(6-8-18)10-2-4-16-11(9-10)13(15)20/h2,4H,1,3,5-8,14H2,(H2,15,20). The van der Waals surface area contributed by atoms with Crippen molar-refractivity contribution in [2.24, 2.45) is 11.5 Å². The van der Waals surface area contributed by atoms with E-state index in [1.54, 1.807) is 11.0 Å². The SMILES string of the molecule is NCCC(=O)N1CCN(c2[c]c(C(N)=O)ncc2)CC1.